The number of amides is 1. The third-order valence-corrected chi connectivity index (χ3v) is 7.43. The van der Waals surface area contributed by atoms with Gasteiger partial charge >= 0.3 is 0 Å². The number of likely N-dealkylation sites (tertiary alicyclic amines) is 1. The fourth-order valence-electron chi connectivity index (χ4n) is 5.50. The van der Waals surface area contributed by atoms with E-state index in [1.165, 1.54) is 10.3 Å². The molecular formula is C33H34NO5-. The fraction of sp³-hybridized carbons (Fsp3) is 0.303. The van der Waals surface area contributed by atoms with Gasteiger partial charge in [0.05, 0.1) is 32.5 Å². The van der Waals surface area contributed by atoms with E-state index in [1.54, 1.807) is 7.11 Å². The zero-order chi connectivity index (χ0) is 27.0. The summed E-state index contributed by atoms with van der Waals surface area (Å²) in [7, 11) is 1.65. The lowest BCUT2D eigenvalue weighted by Gasteiger charge is -2.44. The largest absolute Gasteiger partial charge is 0.530 e. The van der Waals surface area contributed by atoms with E-state index in [4.69, 9.17) is 14.2 Å². The van der Waals surface area contributed by atoms with Crippen molar-refractivity contribution in [2.45, 2.75) is 31.8 Å². The van der Waals surface area contributed by atoms with E-state index in [1.807, 2.05) is 30.3 Å². The van der Waals surface area contributed by atoms with Crippen LogP contribution < -0.4 is 5.11 Å². The molecule has 1 fully saturated rings. The number of nitrogens with zero attached hydrogens (tertiary/aromatic N) is 1. The second-order valence-electron chi connectivity index (χ2n) is 10.2. The Bertz CT molecular complexity index is 1360. The molecule has 0 spiro atoms. The zero-order valence-corrected chi connectivity index (χ0v) is 22.2. The topological polar surface area (TPSA) is 71.1 Å². The second-order valence-corrected chi connectivity index (χ2v) is 10.2. The quantitative estimate of drug-likeness (QED) is 0.287. The Kier molecular flexibility index (Phi) is 8.89. The Morgan fingerprint density at radius 2 is 1.46 bits per heavy atom. The molecule has 5 rings (SSSR count). The maximum absolute atomic E-state index is 11.9. The molecule has 0 aliphatic carbocycles. The van der Waals surface area contributed by atoms with Gasteiger partial charge < -0.3 is 29.0 Å². The van der Waals surface area contributed by atoms with Crippen LogP contribution in [0.25, 0.3) is 10.8 Å². The van der Waals surface area contributed by atoms with E-state index in [-0.39, 0.29) is 24.5 Å². The van der Waals surface area contributed by atoms with Crippen molar-refractivity contribution < 1.29 is 24.1 Å². The minimum absolute atomic E-state index is 0.0275. The van der Waals surface area contributed by atoms with E-state index < -0.39 is 6.09 Å². The van der Waals surface area contributed by atoms with E-state index in [2.05, 4.69) is 66.7 Å². The van der Waals surface area contributed by atoms with E-state index in [0.717, 1.165) is 27.6 Å². The van der Waals surface area contributed by atoms with Gasteiger partial charge in [-0.2, -0.15) is 0 Å². The van der Waals surface area contributed by atoms with Crippen LogP contribution in [0.1, 0.15) is 28.2 Å². The minimum atomic E-state index is -1.18. The van der Waals surface area contributed by atoms with Gasteiger partial charge in [0.2, 0.25) is 0 Å². The van der Waals surface area contributed by atoms with Gasteiger partial charge in [-0.25, -0.2) is 0 Å². The van der Waals surface area contributed by atoms with Crippen molar-refractivity contribution in [3.63, 3.8) is 0 Å². The maximum atomic E-state index is 11.9. The second kappa shape index (κ2) is 12.9. The predicted molar refractivity (Wildman–Crippen MR) is 149 cm³/mol. The summed E-state index contributed by atoms with van der Waals surface area (Å²) in [5, 5.41) is 14.2. The lowest BCUT2D eigenvalue weighted by Crippen LogP contribution is -2.55. The highest BCUT2D eigenvalue weighted by Crippen LogP contribution is 2.36. The lowest BCUT2D eigenvalue weighted by molar-refractivity contribution is -0.270. The lowest BCUT2D eigenvalue weighted by atomic mass is 9.78. The van der Waals surface area contributed by atoms with Crippen molar-refractivity contribution in [2.75, 3.05) is 26.8 Å². The van der Waals surface area contributed by atoms with Crippen LogP contribution in [0.5, 0.6) is 0 Å². The predicted octanol–water partition coefficient (Wildman–Crippen LogP) is 5.15. The molecule has 1 saturated heterocycles. The van der Waals surface area contributed by atoms with Crippen LogP contribution in [0.15, 0.2) is 97.1 Å². The van der Waals surface area contributed by atoms with Crippen molar-refractivity contribution in [2.24, 2.45) is 5.92 Å². The molecule has 3 atom stereocenters. The Morgan fingerprint density at radius 1 is 0.795 bits per heavy atom. The number of hydrogen-bond donors (Lipinski definition) is 0. The molecule has 4 aromatic carbocycles. The van der Waals surface area contributed by atoms with Crippen molar-refractivity contribution in [3.8, 4) is 0 Å². The average molecular weight is 525 g/mol. The smallest absolute Gasteiger partial charge is 0.137 e. The van der Waals surface area contributed by atoms with Crippen molar-refractivity contribution >= 4 is 16.9 Å². The molecule has 39 heavy (non-hydrogen) atoms. The first-order valence-electron chi connectivity index (χ1n) is 13.4. The molecule has 1 heterocycles. The Labute approximate surface area is 229 Å². The average Bonchev–Trinajstić information content (AvgIpc) is 2.97. The number of ether oxygens (including phenoxy) is 3. The molecule has 6 nitrogen and oxygen atoms in total. The van der Waals surface area contributed by atoms with Gasteiger partial charge in [0.25, 0.3) is 0 Å². The van der Waals surface area contributed by atoms with Gasteiger partial charge in [0.1, 0.15) is 6.09 Å². The summed E-state index contributed by atoms with van der Waals surface area (Å²) in [6, 6.07) is 33.0. The third kappa shape index (κ3) is 6.84. The standard InChI is InChI=1S/C33H35NO5/c1-37-23-30-18-34(33(35)36)19-31(39-22-26-13-14-27-9-5-6-10-29(27)17-26)32(30)28-15-11-25(12-16-28)21-38-20-24-7-3-2-4-8-24/h2-17,30-32H,18-23H2,1H3,(H,35,36)/p-1. The Hall–Kier alpha value is -3.71. The Balaban J connectivity index is 1.32. The van der Waals surface area contributed by atoms with Crippen molar-refractivity contribution in [1.29, 1.82) is 0 Å². The number of rotatable bonds is 10. The van der Waals surface area contributed by atoms with Crippen LogP contribution in [0.2, 0.25) is 0 Å². The van der Waals surface area contributed by atoms with Gasteiger partial charge in [0.15, 0.2) is 0 Å². The van der Waals surface area contributed by atoms with E-state index in [0.29, 0.717) is 33.0 Å². The zero-order valence-electron chi connectivity index (χ0n) is 22.2. The van der Waals surface area contributed by atoms with E-state index in [9.17, 15) is 9.90 Å². The molecule has 1 aliphatic heterocycles. The summed E-state index contributed by atoms with van der Waals surface area (Å²) >= 11 is 0. The molecule has 1 aliphatic rings. The number of piperidine rings is 1. The SMILES string of the molecule is COCC1CN(C(=O)[O-])CC(OCc2ccc3ccccc3c2)C1c1ccc(COCc2ccccc2)cc1. The number of methoxy groups -OCH3 is 1. The molecular weight excluding hydrogens is 490 g/mol. The van der Waals surface area contributed by atoms with Crippen molar-refractivity contribution in [3.05, 3.63) is 119 Å². The summed E-state index contributed by atoms with van der Waals surface area (Å²) < 4.78 is 17.9. The van der Waals surface area contributed by atoms with Gasteiger partial charge in [-0.1, -0.05) is 91.0 Å². The van der Waals surface area contributed by atoms with Crippen LogP contribution in [-0.4, -0.2) is 43.9 Å². The summed E-state index contributed by atoms with van der Waals surface area (Å²) in [6.45, 7) is 2.48. The minimum Gasteiger partial charge on any atom is -0.530 e. The molecule has 0 aromatic heterocycles. The summed E-state index contributed by atoms with van der Waals surface area (Å²) in [4.78, 5) is 13.2. The van der Waals surface area contributed by atoms with Gasteiger partial charge in [-0.15, -0.1) is 0 Å². The highest BCUT2D eigenvalue weighted by Gasteiger charge is 2.38. The first-order chi connectivity index (χ1) is 19.1. The Morgan fingerprint density at radius 3 is 2.18 bits per heavy atom. The van der Waals surface area contributed by atoms with Crippen LogP contribution in [-0.2, 0) is 34.0 Å². The van der Waals surface area contributed by atoms with E-state index >= 15 is 0 Å². The molecule has 0 radical (unpaired) electrons. The van der Waals surface area contributed by atoms with Crippen LogP contribution in [0.3, 0.4) is 0 Å². The number of benzene rings is 4. The van der Waals surface area contributed by atoms with Crippen LogP contribution in [0, 0.1) is 5.92 Å². The number of carboxylic acid groups (broad SMARTS) is 1. The first kappa shape index (κ1) is 26.9. The molecule has 202 valence electrons. The highest BCUT2D eigenvalue weighted by atomic mass is 16.5. The first-order valence-corrected chi connectivity index (χ1v) is 13.4. The van der Waals surface area contributed by atoms with Gasteiger partial charge in [0, 0.05) is 32.0 Å². The number of carbonyl (C=O) groups is 1. The number of fused-ring (bicyclic) bond motifs is 1. The van der Waals surface area contributed by atoms with Gasteiger partial charge in [-0.05, 0) is 39.1 Å². The number of hydrogen-bond acceptors (Lipinski definition) is 5. The molecule has 0 saturated carbocycles. The fourth-order valence-corrected chi connectivity index (χ4v) is 5.50. The number of carbonyl (C=O) groups excluding carboxylic acids is 1. The van der Waals surface area contributed by atoms with Crippen LogP contribution in [0.4, 0.5) is 4.79 Å². The molecule has 4 aromatic rings. The molecule has 6 heteroatoms. The summed E-state index contributed by atoms with van der Waals surface area (Å²) in [5.74, 6) is -0.0938. The monoisotopic (exact) mass is 524 g/mol. The molecule has 0 N–H and O–H groups in total. The van der Waals surface area contributed by atoms with Crippen LogP contribution >= 0.6 is 0 Å². The maximum Gasteiger partial charge on any atom is 0.137 e. The van der Waals surface area contributed by atoms with Crippen molar-refractivity contribution in [1.82, 2.24) is 4.90 Å². The normalized spacial score (nSPS) is 19.3. The van der Waals surface area contributed by atoms with Gasteiger partial charge in [-0.3, -0.25) is 0 Å². The summed E-state index contributed by atoms with van der Waals surface area (Å²) in [5.41, 5.74) is 4.37. The summed E-state index contributed by atoms with van der Waals surface area (Å²) in [6.07, 6.45) is -1.52. The highest BCUT2D eigenvalue weighted by molar-refractivity contribution is 5.82. The molecule has 3 unspecified atom stereocenters. The third-order valence-electron chi connectivity index (χ3n) is 7.43. The molecule has 0 bridgehead atoms. The molecule has 1 amide bonds.